The molecule has 2 aliphatic rings. The van der Waals surface area contributed by atoms with Gasteiger partial charge in [0.05, 0.1) is 0 Å². The van der Waals surface area contributed by atoms with Gasteiger partial charge in [0.15, 0.2) is 0 Å². The van der Waals surface area contributed by atoms with E-state index >= 15 is 0 Å². The molecule has 0 aromatic heterocycles. The Labute approximate surface area is 121 Å². The van der Waals surface area contributed by atoms with Crippen LogP contribution in [0.2, 0.25) is 0 Å². The summed E-state index contributed by atoms with van der Waals surface area (Å²) in [7, 11) is 0. The van der Waals surface area contributed by atoms with E-state index in [4.69, 9.17) is 0 Å². The first-order chi connectivity index (χ1) is 9.40. The number of fused-ring (bicyclic) bond motifs is 1. The predicted octanol–water partition coefficient (Wildman–Crippen LogP) is 3.30. The van der Waals surface area contributed by atoms with E-state index in [9.17, 15) is 0 Å². The van der Waals surface area contributed by atoms with Gasteiger partial charge in [0.1, 0.15) is 0 Å². The summed E-state index contributed by atoms with van der Waals surface area (Å²) in [5.41, 5.74) is 1.57. The quantitative estimate of drug-likeness (QED) is 0.908. The topological polar surface area (TPSA) is 15.3 Å². The van der Waals surface area contributed by atoms with Gasteiger partial charge in [0.2, 0.25) is 0 Å². The van der Waals surface area contributed by atoms with Gasteiger partial charge >= 0.3 is 0 Å². The Morgan fingerprint density at radius 1 is 1.32 bits per heavy atom. The molecule has 1 aromatic carbocycles. The third-order valence-corrected chi connectivity index (χ3v) is 5.43. The normalized spacial score (nSPS) is 26.6. The maximum atomic E-state index is 3.53. The molecule has 2 unspecified atom stereocenters. The third kappa shape index (κ3) is 2.83. The molecule has 104 valence electrons. The zero-order chi connectivity index (χ0) is 13.1. The van der Waals surface area contributed by atoms with E-state index in [0.717, 1.165) is 6.04 Å². The second kappa shape index (κ2) is 6.29. The van der Waals surface area contributed by atoms with Crippen LogP contribution in [0, 0.1) is 0 Å². The molecule has 2 aliphatic heterocycles. The summed E-state index contributed by atoms with van der Waals surface area (Å²) in [6, 6.07) is 10.4. The number of benzene rings is 1. The number of nitrogens with one attached hydrogen (secondary N) is 1. The zero-order valence-electron chi connectivity index (χ0n) is 11.8. The molecule has 0 radical (unpaired) electrons. The molecule has 19 heavy (non-hydrogen) atoms. The second-order valence-electron chi connectivity index (χ2n) is 5.58. The lowest BCUT2D eigenvalue weighted by molar-refractivity contribution is 0.136. The molecular formula is C16H24N2S. The van der Waals surface area contributed by atoms with Gasteiger partial charge in [-0.25, -0.2) is 0 Å². The standard InChI is InChI=1S/C16H24N2S/c1-2-10-18(13-7-9-17-12-13)15-8-11-19-16-6-4-3-5-14(15)16/h3-6,13,15,17H,2,7-12H2,1H3. The molecule has 1 saturated heterocycles. The Morgan fingerprint density at radius 2 is 2.21 bits per heavy atom. The molecule has 0 saturated carbocycles. The minimum atomic E-state index is 0.641. The second-order valence-corrected chi connectivity index (χ2v) is 6.71. The summed E-state index contributed by atoms with van der Waals surface area (Å²) in [5, 5.41) is 3.53. The van der Waals surface area contributed by atoms with Crippen LogP contribution in [0.4, 0.5) is 0 Å². The molecule has 3 heteroatoms. The molecule has 0 aliphatic carbocycles. The highest BCUT2D eigenvalue weighted by molar-refractivity contribution is 7.99. The van der Waals surface area contributed by atoms with Crippen LogP contribution >= 0.6 is 11.8 Å². The van der Waals surface area contributed by atoms with Gasteiger partial charge in [0.25, 0.3) is 0 Å². The molecule has 2 nitrogen and oxygen atoms in total. The van der Waals surface area contributed by atoms with Gasteiger partial charge in [-0.05, 0) is 49.7 Å². The van der Waals surface area contributed by atoms with E-state index in [0.29, 0.717) is 6.04 Å². The fraction of sp³-hybridized carbons (Fsp3) is 0.625. The lowest BCUT2D eigenvalue weighted by atomic mass is 9.99. The zero-order valence-corrected chi connectivity index (χ0v) is 12.6. The number of hydrogen-bond acceptors (Lipinski definition) is 3. The summed E-state index contributed by atoms with van der Waals surface area (Å²) in [6.07, 6.45) is 3.87. The first-order valence-corrected chi connectivity index (χ1v) is 8.57. The van der Waals surface area contributed by atoms with Crippen molar-refractivity contribution in [2.24, 2.45) is 0 Å². The van der Waals surface area contributed by atoms with Gasteiger partial charge in [-0.3, -0.25) is 4.90 Å². The van der Waals surface area contributed by atoms with Crippen molar-refractivity contribution in [3.63, 3.8) is 0 Å². The van der Waals surface area contributed by atoms with Crippen LogP contribution in [0.15, 0.2) is 29.2 Å². The third-order valence-electron chi connectivity index (χ3n) is 4.31. The molecule has 1 aromatic rings. The van der Waals surface area contributed by atoms with Crippen LogP contribution in [-0.4, -0.2) is 36.3 Å². The van der Waals surface area contributed by atoms with E-state index in [1.807, 2.05) is 11.8 Å². The number of hydrogen-bond donors (Lipinski definition) is 1. The van der Waals surface area contributed by atoms with Crippen LogP contribution < -0.4 is 5.32 Å². The van der Waals surface area contributed by atoms with E-state index in [2.05, 4.69) is 41.4 Å². The lowest BCUT2D eigenvalue weighted by Crippen LogP contribution is -2.41. The van der Waals surface area contributed by atoms with Crippen LogP contribution in [-0.2, 0) is 0 Å². The van der Waals surface area contributed by atoms with Gasteiger partial charge in [0, 0.05) is 23.5 Å². The Bertz CT molecular complexity index is 415. The van der Waals surface area contributed by atoms with Crippen molar-refractivity contribution in [2.75, 3.05) is 25.4 Å². The van der Waals surface area contributed by atoms with Gasteiger partial charge in [-0.1, -0.05) is 25.1 Å². The fourth-order valence-corrected chi connectivity index (χ4v) is 4.55. The van der Waals surface area contributed by atoms with Crippen molar-refractivity contribution < 1.29 is 0 Å². The van der Waals surface area contributed by atoms with Crippen LogP contribution in [0.3, 0.4) is 0 Å². The van der Waals surface area contributed by atoms with Gasteiger partial charge in [-0.15, -0.1) is 11.8 Å². The SMILES string of the molecule is CCCN(C1CCNC1)C1CCSc2ccccc21. The van der Waals surface area contributed by atoms with Crippen molar-refractivity contribution in [2.45, 2.75) is 43.2 Å². The van der Waals surface area contributed by atoms with Crippen LogP contribution in [0.25, 0.3) is 0 Å². The maximum Gasteiger partial charge on any atom is 0.0370 e. The number of nitrogens with zero attached hydrogens (tertiary/aromatic N) is 1. The molecule has 1 N–H and O–H groups in total. The van der Waals surface area contributed by atoms with Crippen molar-refractivity contribution in [1.29, 1.82) is 0 Å². The molecule has 0 amide bonds. The first kappa shape index (κ1) is 13.5. The summed E-state index contributed by atoms with van der Waals surface area (Å²) in [6.45, 7) is 5.90. The fourth-order valence-electron chi connectivity index (χ4n) is 3.44. The highest BCUT2D eigenvalue weighted by Gasteiger charge is 2.31. The predicted molar refractivity (Wildman–Crippen MR) is 82.8 cm³/mol. The highest BCUT2D eigenvalue weighted by atomic mass is 32.2. The summed E-state index contributed by atoms with van der Waals surface area (Å²) < 4.78 is 0. The Kier molecular flexibility index (Phi) is 4.46. The van der Waals surface area contributed by atoms with Gasteiger partial charge in [-0.2, -0.15) is 0 Å². The average Bonchev–Trinajstić information content (AvgIpc) is 2.98. The van der Waals surface area contributed by atoms with Crippen molar-refractivity contribution in [3.8, 4) is 0 Å². The molecule has 2 atom stereocenters. The Balaban J connectivity index is 1.86. The van der Waals surface area contributed by atoms with Gasteiger partial charge < -0.3 is 5.32 Å². The average molecular weight is 276 g/mol. The highest BCUT2D eigenvalue weighted by Crippen LogP contribution is 2.40. The molecule has 1 fully saturated rings. The maximum absolute atomic E-state index is 3.53. The van der Waals surface area contributed by atoms with Crippen LogP contribution in [0.1, 0.15) is 37.8 Å². The Morgan fingerprint density at radius 3 is 3.00 bits per heavy atom. The summed E-state index contributed by atoms with van der Waals surface area (Å²) >= 11 is 2.03. The molecule has 2 heterocycles. The summed E-state index contributed by atoms with van der Waals surface area (Å²) in [4.78, 5) is 4.28. The first-order valence-electron chi connectivity index (χ1n) is 7.58. The smallest absolute Gasteiger partial charge is 0.0370 e. The summed E-state index contributed by atoms with van der Waals surface area (Å²) in [5.74, 6) is 1.27. The molecule has 0 bridgehead atoms. The van der Waals surface area contributed by atoms with Crippen molar-refractivity contribution in [1.82, 2.24) is 10.2 Å². The van der Waals surface area contributed by atoms with Crippen molar-refractivity contribution >= 4 is 11.8 Å². The van der Waals surface area contributed by atoms with Crippen LogP contribution in [0.5, 0.6) is 0 Å². The van der Waals surface area contributed by atoms with E-state index in [1.165, 1.54) is 49.5 Å². The largest absolute Gasteiger partial charge is 0.315 e. The lowest BCUT2D eigenvalue weighted by Gasteiger charge is -2.39. The minimum absolute atomic E-state index is 0.641. The van der Waals surface area contributed by atoms with Crippen molar-refractivity contribution in [3.05, 3.63) is 29.8 Å². The number of rotatable bonds is 4. The molecular weight excluding hydrogens is 252 g/mol. The Hall–Kier alpha value is -0.510. The molecule has 0 spiro atoms. The van der Waals surface area contributed by atoms with E-state index in [1.54, 1.807) is 5.56 Å². The van der Waals surface area contributed by atoms with E-state index < -0.39 is 0 Å². The monoisotopic (exact) mass is 276 g/mol. The molecule has 3 rings (SSSR count). The number of thioether (sulfide) groups is 1. The minimum Gasteiger partial charge on any atom is -0.315 e. The van der Waals surface area contributed by atoms with E-state index in [-0.39, 0.29) is 0 Å².